The van der Waals surface area contributed by atoms with Gasteiger partial charge in [-0.15, -0.1) is 0 Å². The first-order valence-corrected chi connectivity index (χ1v) is 11.1. The zero-order valence-electron chi connectivity index (χ0n) is 19.5. The number of nitrogens with two attached hydrogens (primary N) is 1. The summed E-state index contributed by atoms with van der Waals surface area (Å²) >= 11 is 0. The van der Waals surface area contributed by atoms with Crippen LogP contribution in [0.3, 0.4) is 0 Å². The number of amides is 3. The Morgan fingerprint density at radius 3 is 2.35 bits per heavy atom. The number of H-pyrrole nitrogens is 1. The fourth-order valence-electron chi connectivity index (χ4n) is 3.52. The minimum Gasteiger partial charge on any atom is -0.480 e. The van der Waals surface area contributed by atoms with Crippen LogP contribution >= 0.6 is 0 Å². The number of nitrogens with one attached hydrogen (secondary N) is 4. The molecule has 0 bridgehead atoms. The molecule has 0 aliphatic heterocycles. The topological polar surface area (TPSA) is 187 Å². The summed E-state index contributed by atoms with van der Waals surface area (Å²) < 4.78 is 0. The number of carbonyl (C=O) groups excluding carboxylic acids is 3. The first kappa shape index (κ1) is 26.8. The van der Waals surface area contributed by atoms with Crippen molar-refractivity contribution in [2.75, 3.05) is 6.54 Å². The van der Waals surface area contributed by atoms with Gasteiger partial charge < -0.3 is 36.9 Å². The molecule has 4 atom stereocenters. The molecule has 11 heteroatoms. The minimum atomic E-state index is -1.32. The van der Waals surface area contributed by atoms with Crippen LogP contribution in [-0.4, -0.2) is 69.7 Å². The summed E-state index contributed by atoms with van der Waals surface area (Å²) in [5, 5.41) is 27.4. The number of aromatic amines is 1. The van der Waals surface area contributed by atoms with E-state index < -0.39 is 54.5 Å². The van der Waals surface area contributed by atoms with Gasteiger partial charge >= 0.3 is 5.97 Å². The maximum atomic E-state index is 12.5. The second-order valence-corrected chi connectivity index (χ2v) is 8.70. The highest BCUT2D eigenvalue weighted by atomic mass is 16.4. The number of carbonyl (C=O) groups is 4. The van der Waals surface area contributed by atoms with E-state index in [1.807, 2.05) is 38.1 Å². The van der Waals surface area contributed by atoms with Crippen LogP contribution in [0.5, 0.6) is 0 Å². The highest BCUT2D eigenvalue weighted by Gasteiger charge is 2.29. The number of benzene rings is 1. The number of aliphatic carboxylic acids is 1. The monoisotopic (exact) mass is 475 g/mol. The number of aromatic nitrogens is 1. The molecule has 8 N–H and O–H groups in total. The molecular weight excluding hydrogens is 442 g/mol. The number of rotatable bonds is 12. The zero-order chi connectivity index (χ0) is 25.4. The SMILES string of the molecule is CC(C)CC(N)C(=O)NC(C(=O)NCC(=O)NC(Cc1c[nH]c2ccccc12)C(=O)O)C(C)O. The van der Waals surface area contributed by atoms with Crippen molar-refractivity contribution in [2.45, 2.75) is 57.8 Å². The summed E-state index contributed by atoms with van der Waals surface area (Å²) in [6, 6.07) is 4.00. The molecule has 0 aliphatic rings. The lowest BCUT2D eigenvalue weighted by atomic mass is 10.0. The van der Waals surface area contributed by atoms with Gasteiger partial charge in [0.15, 0.2) is 0 Å². The van der Waals surface area contributed by atoms with Crippen molar-refractivity contribution in [3.05, 3.63) is 36.0 Å². The van der Waals surface area contributed by atoms with Gasteiger partial charge in [0.25, 0.3) is 0 Å². The quantitative estimate of drug-likeness (QED) is 0.218. The molecule has 1 heterocycles. The van der Waals surface area contributed by atoms with Crippen molar-refractivity contribution in [2.24, 2.45) is 11.7 Å². The lowest BCUT2D eigenvalue weighted by Crippen LogP contribution is -2.57. The van der Waals surface area contributed by atoms with Crippen LogP contribution in [0, 0.1) is 5.92 Å². The second kappa shape index (κ2) is 12.1. The smallest absolute Gasteiger partial charge is 0.326 e. The number of carboxylic acids is 1. The Hall–Kier alpha value is -3.44. The van der Waals surface area contributed by atoms with Crippen LogP contribution < -0.4 is 21.7 Å². The van der Waals surface area contributed by atoms with Gasteiger partial charge in [0, 0.05) is 23.5 Å². The van der Waals surface area contributed by atoms with E-state index in [2.05, 4.69) is 20.9 Å². The highest BCUT2D eigenvalue weighted by Crippen LogP contribution is 2.19. The van der Waals surface area contributed by atoms with E-state index >= 15 is 0 Å². The van der Waals surface area contributed by atoms with Crippen LogP contribution in [0.25, 0.3) is 10.9 Å². The normalized spacial score (nSPS) is 14.8. The standard InChI is InChI=1S/C23H33N5O6/c1-12(2)8-16(24)21(31)28-20(13(3)29)22(32)26-11-19(30)27-18(23(33)34)9-14-10-25-17-7-5-4-6-15(14)17/h4-7,10,12-13,16,18,20,25,29H,8-9,11,24H2,1-3H3,(H,26,32)(H,27,30)(H,28,31)(H,33,34). The number of fused-ring (bicyclic) bond motifs is 1. The Bertz CT molecular complexity index is 1020. The fraction of sp³-hybridized carbons (Fsp3) is 0.478. The third kappa shape index (κ3) is 7.56. The van der Waals surface area contributed by atoms with Gasteiger partial charge in [-0.05, 0) is 30.9 Å². The molecule has 0 radical (unpaired) electrons. The first-order chi connectivity index (χ1) is 16.0. The minimum absolute atomic E-state index is 0.0408. The lowest BCUT2D eigenvalue weighted by Gasteiger charge is -2.23. The largest absolute Gasteiger partial charge is 0.480 e. The number of para-hydroxylation sites is 1. The molecular formula is C23H33N5O6. The summed E-state index contributed by atoms with van der Waals surface area (Å²) in [5.74, 6) is -3.18. The lowest BCUT2D eigenvalue weighted by molar-refractivity contribution is -0.141. The predicted octanol–water partition coefficient (Wildman–Crippen LogP) is -0.365. The number of aliphatic hydroxyl groups is 1. The molecule has 0 spiro atoms. The van der Waals surface area contributed by atoms with Crippen molar-refractivity contribution < 1.29 is 29.4 Å². The molecule has 2 rings (SSSR count). The van der Waals surface area contributed by atoms with Crippen LogP contribution in [0.1, 0.15) is 32.8 Å². The van der Waals surface area contributed by atoms with E-state index in [0.29, 0.717) is 6.42 Å². The van der Waals surface area contributed by atoms with Crippen molar-refractivity contribution in [1.29, 1.82) is 0 Å². The third-order valence-corrected chi connectivity index (χ3v) is 5.28. The van der Waals surface area contributed by atoms with E-state index in [1.165, 1.54) is 6.92 Å². The van der Waals surface area contributed by atoms with Crippen molar-refractivity contribution in [1.82, 2.24) is 20.9 Å². The third-order valence-electron chi connectivity index (χ3n) is 5.28. The summed E-state index contributed by atoms with van der Waals surface area (Å²) in [4.78, 5) is 51.8. The Morgan fingerprint density at radius 2 is 1.74 bits per heavy atom. The maximum Gasteiger partial charge on any atom is 0.326 e. The van der Waals surface area contributed by atoms with E-state index in [4.69, 9.17) is 5.73 Å². The molecule has 34 heavy (non-hydrogen) atoms. The van der Waals surface area contributed by atoms with Gasteiger partial charge in [-0.2, -0.15) is 0 Å². The van der Waals surface area contributed by atoms with E-state index in [-0.39, 0.29) is 12.3 Å². The molecule has 11 nitrogen and oxygen atoms in total. The predicted molar refractivity (Wildman–Crippen MR) is 126 cm³/mol. The van der Waals surface area contributed by atoms with Crippen LogP contribution in [0.2, 0.25) is 0 Å². The van der Waals surface area contributed by atoms with Crippen LogP contribution in [0.4, 0.5) is 0 Å². The zero-order valence-corrected chi connectivity index (χ0v) is 19.5. The van der Waals surface area contributed by atoms with Gasteiger partial charge in [0.2, 0.25) is 17.7 Å². The van der Waals surface area contributed by atoms with Crippen molar-refractivity contribution in [3.8, 4) is 0 Å². The van der Waals surface area contributed by atoms with Gasteiger partial charge in [0.05, 0.1) is 18.7 Å². The molecule has 0 fully saturated rings. The molecule has 4 unspecified atom stereocenters. The summed E-state index contributed by atoms with van der Waals surface area (Å²) in [5.41, 5.74) is 7.39. The van der Waals surface area contributed by atoms with Gasteiger partial charge in [-0.25, -0.2) is 4.79 Å². The van der Waals surface area contributed by atoms with Crippen LogP contribution in [-0.2, 0) is 25.6 Å². The first-order valence-electron chi connectivity index (χ1n) is 11.1. The Labute approximate surface area is 197 Å². The Balaban J connectivity index is 1.94. The summed E-state index contributed by atoms with van der Waals surface area (Å²) in [7, 11) is 0. The van der Waals surface area contributed by atoms with E-state index in [9.17, 15) is 29.4 Å². The average Bonchev–Trinajstić information content (AvgIpc) is 3.17. The van der Waals surface area contributed by atoms with E-state index in [0.717, 1.165) is 16.5 Å². The molecule has 0 aliphatic carbocycles. The Kier molecular flexibility index (Phi) is 9.58. The fourth-order valence-corrected chi connectivity index (χ4v) is 3.52. The second-order valence-electron chi connectivity index (χ2n) is 8.70. The molecule has 0 saturated carbocycles. The highest BCUT2D eigenvalue weighted by molar-refractivity contribution is 5.93. The van der Waals surface area contributed by atoms with Crippen molar-refractivity contribution in [3.63, 3.8) is 0 Å². The average molecular weight is 476 g/mol. The number of hydrogen-bond acceptors (Lipinski definition) is 6. The van der Waals surface area contributed by atoms with Crippen LogP contribution in [0.15, 0.2) is 30.5 Å². The molecule has 3 amide bonds. The molecule has 186 valence electrons. The molecule has 2 aromatic rings. The Morgan fingerprint density at radius 1 is 1.06 bits per heavy atom. The molecule has 1 aromatic carbocycles. The van der Waals surface area contributed by atoms with Crippen molar-refractivity contribution >= 4 is 34.6 Å². The maximum absolute atomic E-state index is 12.5. The number of carboxylic acid groups (broad SMARTS) is 1. The number of hydrogen-bond donors (Lipinski definition) is 7. The molecule has 1 aromatic heterocycles. The van der Waals surface area contributed by atoms with E-state index in [1.54, 1.807) is 6.20 Å². The summed E-state index contributed by atoms with van der Waals surface area (Å²) in [6.45, 7) is 4.58. The van der Waals surface area contributed by atoms with Gasteiger partial charge in [0.1, 0.15) is 12.1 Å². The summed E-state index contributed by atoms with van der Waals surface area (Å²) in [6.07, 6.45) is 0.884. The van der Waals surface area contributed by atoms with Gasteiger partial charge in [-0.3, -0.25) is 14.4 Å². The number of aliphatic hydroxyl groups excluding tert-OH is 1. The van der Waals surface area contributed by atoms with Gasteiger partial charge in [-0.1, -0.05) is 32.0 Å². The molecule has 0 saturated heterocycles.